The molecular weight excluding hydrogens is 348 g/mol. The van der Waals surface area contributed by atoms with Crippen LogP contribution in [0, 0.1) is 0 Å². The predicted octanol–water partition coefficient (Wildman–Crippen LogP) is 3.89. The van der Waals surface area contributed by atoms with E-state index in [9.17, 15) is 13.2 Å². The summed E-state index contributed by atoms with van der Waals surface area (Å²) in [5.41, 5.74) is 1.02. The van der Waals surface area contributed by atoms with Gasteiger partial charge in [0.1, 0.15) is 0 Å². The van der Waals surface area contributed by atoms with Crippen molar-refractivity contribution in [2.24, 2.45) is 0 Å². The molecule has 1 aliphatic rings. The molecule has 3 rings (SSSR count). The number of hydrogen-bond acceptors (Lipinski definition) is 3. The fourth-order valence-electron chi connectivity index (χ4n) is 3.47. The molecule has 1 heterocycles. The minimum atomic E-state index is -3.68. The maximum Gasteiger partial charge on any atom is 0.261 e. The maximum atomic E-state index is 12.8. The summed E-state index contributed by atoms with van der Waals surface area (Å²) < 4.78 is 27.5. The highest BCUT2D eigenvalue weighted by Gasteiger charge is 2.29. The molecule has 26 heavy (non-hydrogen) atoms. The first kappa shape index (κ1) is 18.5. The number of carbonyl (C=O) groups is 1. The second-order valence-corrected chi connectivity index (χ2v) is 8.52. The largest absolute Gasteiger partial charge is 0.333 e. The van der Waals surface area contributed by atoms with E-state index < -0.39 is 10.0 Å². The summed E-state index contributed by atoms with van der Waals surface area (Å²) in [6.45, 7) is 4.13. The van der Waals surface area contributed by atoms with Gasteiger partial charge in [0.25, 0.3) is 15.9 Å². The Labute approximate surface area is 155 Å². The second-order valence-electron chi connectivity index (χ2n) is 6.84. The number of piperidine rings is 1. The Balaban J connectivity index is 1.78. The molecular formula is C20H24N2O3S. The topological polar surface area (TPSA) is 66.5 Å². The minimum absolute atomic E-state index is 0.0373. The van der Waals surface area contributed by atoms with E-state index >= 15 is 0 Å². The maximum absolute atomic E-state index is 12.8. The number of amides is 1. The van der Waals surface area contributed by atoms with Gasteiger partial charge in [0, 0.05) is 23.3 Å². The number of anilines is 1. The first-order valence-corrected chi connectivity index (χ1v) is 10.4. The zero-order valence-corrected chi connectivity index (χ0v) is 15.9. The van der Waals surface area contributed by atoms with Gasteiger partial charge in [-0.1, -0.05) is 18.2 Å². The molecule has 2 aromatic rings. The summed E-state index contributed by atoms with van der Waals surface area (Å²) in [5, 5.41) is 0. The van der Waals surface area contributed by atoms with E-state index in [4.69, 9.17) is 0 Å². The molecule has 0 radical (unpaired) electrons. The number of hydrogen-bond donors (Lipinski definition) is 1. The Kier molecular flexibility index (Phi) is 5.32. The number of nitrogens with zero attached hydrogens (tertiary/aromatic N) is 1. The van der Waals surface area contributed by atoms with Crippen LogP contribution in [0.1, 0.15) is 43.5 Å². The number of nitrogens with one attached hydrogen (secondary N) is 1. The number of rotatable bonds is 4. The van der Waals surface area contributed by atoms with Crippen molar-refractivity contribution in [1.29, 1.82) is 0 Å². The molecule has 0 bridgehead atoms. The standard InChI is InChI=1S/C20H24N2O3S/c1-15-7-6-8-16(2)22(15)20(23)17-11-13-19(14-12-17)26(24,25)21-18-9-4-3-5-10-18/h3-5,9-16,21H,6-8H2,1-2H3. The first-order valence-electron chi connectivity index (χ1n) is 8.89. The lowest BCUT2D eigenvalue weighted by Gasteiger charge is -2.39. The van der Waals surface area contributed by atoms with Crippen LogP contribution >= 0.6 is 0 Å². The molecule has 1 aliphatic heterocycles. The van der Waals surface area contributed by atoms with E-state index in [1.165, 1.54) is 12.1 Å². The summed E-state index contributed by atoms with van der Waals surface area (Å²) in [5.74, 6) is -0.0373. The third-order valence-electron chi connectivity index (χ3n) is 4.87. The number of para-hydroxylation sites is 1. The van der Waals surface area contributed by atoms with Gasteiger partial charge in [0.15, 0.2) is 0 Å². The van der Waals surface area contributed by atoms with Crippen molar-refractivity contribution in [1.82, 2.24) is 4.90 Å². The van der Waals surface area contributed by atoms with Crippen LogP contribution in [-0.2, 0) is 10.0 Å². The molecule has 6 heteroatoms. The molecule has 0 saturated carbocycles. The van der Waals surface area contributed by atoms with E-state index in [1.54, 1.807) is 36.4 Å². The average Bonchev–Trinajstić information content (AvgIpc) is 2.62. The van der Waals surface area contributed by atoms with Gasteiger partial charge < -0.3 is 4.90 Å². The fourth-order valence-corrected chi connectivity index (χ4v) is 4.53. The zero-order valence-electron chi connectivity index (χ0n) is 15.1. The average molecular weight is 372 g/mol. The predicted molar refractivity (Wildman–Crippen MR) is 103 cm³/mol. The summed E-state index contributed by atoms with van der Waals surface area (Å²) in [6.07, 6.45) is 3.14. The van der Waals surface area contributed by atoms with Gasteiger partial charge in [0.05, 0.1) is 4.90 Å². The Hall–Kier alpha value is -2.34. The number of sulfonamides is 1. The first-order chi connectivity index (χ1) is 12.4. The third kappa shape index (κ3) is 3.90. The highest BCUT2D eigenvalue weighted by atomic mass is 32.2. The number of carbonyl (C=O) groups excluding carboxylic acids is 1. The molecule has 1 fully saturated rings. The second kappa shape index (κ2) is 7.50. The van der Waals surface area contributed by atoms with Gasteiger partial charge in [-0.2, -0.15) is 0 Å². The zero-order chi connectivity index (χ0) is 18.7. The van der Waals surface area contributed by atoms with Crippen LogP contribution in [0.4, 0.5) is 5.69 Å². The van der Waals surface area contributed by atoms with Gasteiger partial charge in [-0.15, -0.1) is 0 Å². The van der Waals surface area contributed by atoms with Crippen LogP contribution in [0.15, 0.2) is 59.5 Å². The molecule has 0 aromatic heterocycles. The molecule has 1 amide bonds. The van der Waals surface area contributed by atoms with Crippen molar-refractivity contribution in [2.75, 3.05) is 4.72 Å². The quantitative estimate of drug-likeness (QED) is 0.885. The summed E-state index contributed by atoms with van der Waals surface area (Å²) in [6, 6.07) is 15.3. The third-order valence-corrected chi connectivity index (χ3v) is 6.26. The molecule has 0 aliphatic carbocycles. The van der Waals surface area contributed by atoms with Crippen LogP contribution < -0.4 is 4.72 Å². The molecule has 138 valence electrons. The van der Waals surface area contributed by atoms with Crippen molar-refractivity contribution in [2.45, 2.75) is 50.1 Å². The molecule has 0 spiro atoms. The Bertz CT molecular complexity index is 854. The highest BCUT2D eigenvalue weighted by molar-refractivity contribution is 7.92. The van der Waals surface area contributed by atoms with Crippen molar-refractivity contribution in [3.05, 3.63) is 60.2 Å². The van der Waals surface area contributed by atoms with Crippen molar-refractivity contribution >= 4 is 21.6 Å². The van der Waals surface area contributed by atoms with E-state index in [2.05, 4.69) is 18.6 Å². The molecule has 1 N–H and O–H groups in total. The lowest BCUT2D eigenvalue weighted by Crippen LogP contribution is -2.47. The monoisotopic (exact) mass is 372 g/mol. The minimum Gasteiger partial charge on any atom is -0.333 e. The normalized spacial score (nSPS) is 20.6. The fraction of sp³-hybridized carbons (Fsp3) is 0.350. The van der Waals surface area contributed by atoms with E-state index in [1.807, 2.05) is 11.0 Å². The van der Waals surface area contributed by atoms with Crippen molar-refractivity contribution < 1.29 is 13.2 Å². The van der Waals surface area contributed by atoms with Crippen LogP contribution in [0.3, 0.4) is 0 Å². The summed E-state index contributed by atoms with van der Waals surface area (Å²) >= 11 is 0. The number of likely N-dealkylation sites (tertiary alicyclic amines) is 1. The van der Waals surface area contributed by atoms with Gasteiger partial charge in [0.2, 0.25) is 0 Å². The van der Waals surface area contributed by atoms with Gasteiger partial charge in [-0.05, 0) is 69.5 Å². The summed E-state index contributed by atoms with van der Waals surface area (Å²) in [4.78, 5) is 14.9. The van der Waals surface area contributed by atoms with Crippen LogP contribution in [0.25, 0.3) is 0 Å². The van der Waals surface area contributed by atoms with E-state index in [0.29, 0.717) is 11.3 Å². The van der Waals surface area contributed by atoms with Crippen LogP contribution in [-0.4, -0.2) is 31.3 Å². The van der Waals surface area contributed by atoms with Gasteiger partial charge >= 0.3 is 0 Å². The van der Waals surface area contributed by atoms with E-state index in [-0.39, 0.29) is 22.9 Å². The lowest BCUT2D eigenvalue weighted by molar-refractivity contribution is 0.0510. The smallest absolute Gasteiger partial charge is 0.261 e. The molecule has 5 nitrogen and oxygen atoms in total. The molecule has 2 aromatic carbocycles. The van der Waals surface area contributed by atoms with E-state index in [0.717, 1.165) is 19.3 Å². The van der Waals surface area contributed by atoms with Gasteiger partial charge in [-0.25, -0.2) is 8.42 Å². The molecule has 2 unspecified atom stereocenters. The molecule has 1 saturated heterocycles. The van der Waals surface area contributed by atoms with Crippen molar-refractivity contribution in [3.8, 4) is 0 Å². The van der Waals surface area contributed by atoms with Crippen LogP contribution in [0.2, 0.25) is 0 Å². The lowest BCUT2D eigenvalue weighted by atomic mass is 9.96. The summed E-state index contributed by atoms with van der Waals surface area (Å²) in [7, 11) is -3.68. The highest BCUT2D eigenvalue weighted by Crippen LogP contribution is 2.25. The Morgan fingerprint density at radius 1 is 0.962 bits per heavy atom. The SMILES string of the molecule is CC1CCCC(C)N1C(=O)c1ccc(S(=O)(=O)Nc2ccccc2)cc1. The Morgan fingerprint density at radius 3 is 2.12 bits per heavy atom. The number of benzene rings is 2. The van der Waals surface area contributed by atoms with Gasteiger partial charge in [-0.3, -0.25) is 9.52 Å². The molecule has 2 atom stereocenters. The van der Waals surface area contributed by atoms with Crippen LogP contribution in [0.5, 0.6) is 0 Å². The Morgan fingerprint density at radius 2 is 1.54 bits per heavy atom. The van der Waals surface area contributed by atoms with Crippen molar-refractivity contribution in [3.63, 3.8) is 0 Å².